The van der Waals surface area contributed by atoms with Gasteiger partial charge in [-0.3, -0.25) is 25.0 Å². The average Bonchev–Trinajstić information content (AvgIpc) is 2.58. The third-order valence-corrected chi connectivity index (χ3v) is 4.08. The quantitative estimate of drug-likeness (QED) is 0.374. The Hall–Kier alpha value is -2.86. The van der Waals surface area contributed by atoms with E-state index in [-0.39, 0.29) is 16.9 Å². The highest BCUT2D eigenvalue weighted by Crippen LogP contribution is 2.30. The second kappa shape index (κ2) is 8.01. The number of phenolic OH excluding ortho intramolecular Hbond substituents is 1. The average molecular weight is 488 g/mol. The summed E-state index contributed by atoms with van der Waals surface area (Å²) >= 11 is 6.37. The minimum absolute atomic E-state index is 0.114. The Labute approximate surface area is 162 Å². The standard InChI is InChI=1S/C14H8Br2N4O6/c15-9-1-8(13(21)12(16)4-9)6-17-18-14(22)7-2-10(19(23)24)5-11(3-7)20(25)26/h1-6,21H,(H,18,22)/b17-6+. The zero-order valence-electron chi connectivity index (χ0n) is 12.6. The molecule has 2 aromatic carbocycles. The Morgan fingerprint density at radius 3 is 2.19 bits per heavy atom. The van der Waals surface area contributed by atoms with E-state index >= 15 is 0 Å². The molecule has 0 aliphatic rings. The number of nitrogens with one attached hydrogen (secondary N) is 1. The molecule has 0 atom stereocenters. The van der Waals surface area contributed by atoms with Crippen LogP contribution in [0.1, 0.15) is 15.9 Å². The first-order chi connectivity index (χ1) is 12.2. The first kappa shape index (κ1) is 19.5. The number of hydrogen-bond acceptors (Lipinski definition) is 7. The first-order valence-corrected chi connectivity index (χ1v) is 8.23. The molecule has 0 aliphatic heterocycles. The van der Waals surface area contributed by atoms with Crippen LogP contribution >= 0.6 is 31.9 Å². The SMILES string of the molecule is O=C(N/N=C/c1cc(Br)cc(Br)c1O)c1cc([N+](=O)[O-])cc([N+](=O)[O-])c1. The summed E-state index contributed by atoms with van der Waals surface area (Å²) in [5.74, 6) is -1.00. The molecule has 0 bridgehead atoms. The van der Waals surface area contributed by atoms with Gasteiger partial charge in [-0.1, -0.05) is 15.9 Å². The molecule has 2 N–H and O–H groups in total. The van der Waals surface area contributed by atoms with Crippen LogP contribution in [-0.2, 0) is 0 Å². The van der Waals surface area contributed by atoms with Gasteiger partial charge in [-0.05, 0) is 28.1 Å². The number of nitro benzene ring substituents is 2. The van der Waals surface area contributed by atoms with Crippen molar-refractivity contribution in [3.63, 3.8) is 0 Å². The predicted octanol–water partition coefficient (Wildman–Crippen LogP) is 3.50. The second-order valence-corrected chi connectivity index (χ2v) is 6.55. The third kappa shape index (κ3) is 4.61. The number of nitrogens with zero attached hydrogens (tertiary/aromatic N) is 3. The Morgan fingerprint density at radius 2 is 1.65 bits per heavy atom. The van der Waals surface area contributed by atoms with Crippen molar-refractivity contribution in [3.05, 3.63) is 70.6 Å². The Balaban J connectivity index is 2.25. The number of amides is 1. The molecular formula is C14H8Br2N4O6. The third-order valence-electron chi connectivity index (χ3n) is 3.01. The van der Waals surface area contributed by atoms with Crippen LogP contribution in [-0.4, -0.2) is 27.1 Å². The Bertz CT molecular complexity index is 915. The van der Waals surface area contributed by atoms with Crippen LogP contribution in [0.25, 0.3) is 0 Å². The van der Waals surface area contributed by atoms with Crippen LogP contribution in [0, 0.1) is 20.2 Å². The van der Waals surface area contributed by atoms with Crippen molar-refractivity contribution in [2.45, 2.75) is 0 Å². The van der Waals surface area contributed by atoms with Gasteiger partial charge in [0, 0.05) is 22.2 Å². The van der Waals surface area contributed by atoms with E-state index in [4.69, 9.17) is 0 Å². The fourth-order valence-electron chi connectivity index (χ4n) is 1.85. The number of carbonyl (C=O) groups is 1. The number of carbonyl (C=O) groups excluding carboxylic acids is 1. The molecule has 0 saturated heterocycles. The number of non-ortho nitro benzene ring substituents is 2. The molecular weight excluding hydrogens is 480 g/mol. The van der Waals surface area contributed by atoms with Crippen molar-refractivity contribution in [2.75, 3.05) is 0 Å². The van der Waals surface area contributed by atoms with Gasteiger partial charge >= 0.3 is 0 Å². The molecule has 134 valence electrons. The fraction of sp³-hybridized carbons (Fsp3) is 0. The first-order valence-electron chi connectivity index (χ1n) is 6.64. The van der Waals surface area contributed by atoms with Crippen LogP contribution < -0.4 is 5.43 Å². The van der Waals surface area contributed by atoms with Gasteiger partial charge in [0.2, 0.25) is 0 Å². The second-order valence-electron chi connectivity index (χ2n) is 4.78. The fourth-order valence-corrected chi connectivity index (χ4v) is 3.10. The van der Waals surface area contributed by atoms with Gasteiger partial charge in [-0.15, -0.1) is 0 Å². The number of aromatic hydroxyl groups is 1. The van der Waals surface area contributed by atoms with Crippen LogP contribution in [0.4, 0.5) is 11.4 Å². The van der Waals surface area contributed by atoms with Crippen LogP contribution in [0.3, 0.4) is 0 Å². The number of benzene rings is 2. The smallest absolute Gasteiger partial charge is 0.277 e. The molecule has 1 amide bonds. The molecule has 26 heavy (non-hydrogen) atoms. The molecule has 0 radical (unpaired) electrons. The summed E-state index contributed by atoms with van der Waals surface area (Å²) in [5, 5.41) is 35.2. The molecule has 0 saturated carbocycles. The Morgan fingerprint density at radius 1 is 1.08 bits per heavy atom. The van der Waals surface area contributed by atoms with E-state index in [1.807, 2.05) is 0 Å². The molecule has 2 aromatic rings. The molecule has 12 heteroatoms. The van der Waals surface area contributed by atoms with E-state index in [1.165, 1.54) is 6.07 Å². The lowest BCUT2D eigenvalue weighted by molar-refractivity contribution is -0.394. The van der Waals surface area contributed by atoms with Gasteiger partial charge < -0.3 is 5.11 Å². The number of phenols is 1. The summed E-state index contributed by atoms with van der Waals surface area (Å²) in [6, 6.07) is 5.68. The van der Waals surface area contributed by atoms with E-state index in [9.17, 15) is 30.1 Å². The van der Waals surface area contributed by atoms with E-state index < -0.39 is 27.1 Å². The summed E-state index contributed by atoms with van der Waals surface area (Å²) in [6.45, 7) is 0. The van der Waals surface area contributed by atoms with Crippen molar-refractivity contribution in [1.82, 2.24) is 5.43 Å². The van der Waals surface area contributed by atoms with E-state index in [1.54, 1.807) is 6.07 Å². The number of nitro groups is 2. The molecule has 0 aromatic heterocycles. The molecule has 0 unspecified atom stereocenters. The summed E-state index contributed by atoms with van der Waals surface area (Å²) in [7, 11) is 0. The van der Waals surface area contributed by atoms with Gasteiger partial charge in [0.15, 0.2) is 0 Å². The van der Waals surface area contributed by atoms with Gasteiger partial charge in [-0.2, -0.15) is 5.10 Å². The highest BCUT2D eigenvalue weighted by atomic mass is 79.9. The van der Waals surface area contributed by atoms with Crippen LogP contribution in [0.5, 0.6) is 5.75 Å². The molecule has 0 fully saturated rings. The van der Waals surface area contributed by atoms with Crippen molar-refractivity contribution < 1.29 is 19.7 Å². The monoisotopic (exact) mass is 486 g/mol. The number of halogens is 2. The van der Waals surface area contributed by atoms with Crippen molar-refractivity contribution in [3.8, 4) is 5.75 Å². The zero-order chi connectivity index (χ0) is 19.4. The maximum absolute atomic E-state index is 12.1. The lowest BCUT2D eigenvalue weighted by Gasteiger charge is -2.03. The topological polar surface area (TPSA) is 148 Å². The van der Waals surface area contributed by atoms with E-state index in [2.05, 4.69) is 42.4 Å². The summed E-state index contributed by atoms with van der Waals surface area (Å²) in [4.78, 5) is 32.0. The van der Waals surface area contributed by atoms with Gasteiger partial charge in [0.1, 0.15) is 5.75 Å². The normalized spacial score (nSPS) is 10.7. The van der Waals surface area contributed by atoms with Crippen molar-refractivity contribution in [2.24, 2.45) is 5.10 Å². The van der Waals surface area contributed by atoms with Crippen molar-refractivity contribution in [1.29, 1.82) is 0 Å². The minimum atomic E-state index is -0.887. The minimum Gasteiger partial charge on any atom is -0.506 e. The number of hydrogen-bond donors (Lipinski definition) is 2. The molecule has 10 nitrogen and oxygen atoms in total. The van der Waals surface area contributed by atoms with E-state index in [0.29, 0.717) is 8.95 Å². The number of hydrazone groups is 1. The highest BCUT2D eigenvalue weighted by Gasteiger charge is 2.19. The van der Waals surface area contributed by atoms with Gasteiger partial charge in [-0.25, -0.2) is 5.43 Å². The Kier molecular flexibility index (Phi) is 6.00. The number of rotatable bonds is 5. The molecule has 2 rings (SSSR count). The lowest BCUT2D eigenvalue weighted by Crippen LogP contribution is -2.18. The van der Waals surface area contributed by atoms with Crippen LogP contribution in [0.2, 0.25) is 0 Å². The van der Waals surface area contributed by atoms with Crippen LogP contribution in [0.15, 0.2) is 44.4 Å². The van der Waals surface area contributed by atoms with Gasteiger partial charge in [0.25, 0.3) is 17.3 Å². The van der Waals surface area contributed by atoms with Crippen molar-refractivity contribution >= 4 is 55.4 Å². The highest BCUT2D eigenvalue weighted by molar-refractivity contribution is 9.11. The summed E-state index contributed by atoms with van der Waals surface area (Å²) in [6.07, 6.45) is 1.15. The maximum atomic E-state index is 12.1. The van der Waals surface area contributed by atoms with Gasteiger partial charge in [0.05, 0.1) is 32.2 Å². The lowest BCUT2D eigenvalue weighted by atomic mass is 10.1. The largest absolute Gasteiger partial charge is 0.506 e. The molecule has 0 heterocycles. The molecule has 0 aliphatic carbocycles. The zero-order valence-corrected chi connectivity index (χ0v) is 15.7. The maximum Gasteiger partial charge on any atom is 0.277 e. The summed E-state index contributed by atoms with van der Waals surface area (Å²) < 4.78 is 1.04. The summed E-state index contributed by atoms with van der Waals surface area (Å²) in [5.41, 5.74) is 0.870. The molecule has 0 spiro atoms. The predicted molar refractivity (Wildman–Crippen MR) is 98.3 cm³/mol. The van der Waals surface area contributed by atoms with E-state index in [0.717, 1.165) is 24.4 Å².